The summed E-state index contributed by atoms with van der Waals surface area (Å²) in [5.74, 6) is 1.74. The van der Waals surface area contributed by atoms with E-state index in [1.807, 2.05) is 6.92 Å². The van der Waals surface area contributed by atoms with Gasteiger partial charge in [-0.25, -0.2) is 4.79 Å². The van der Waals surface area contributed by atoms with Crippen LogP contribution in [0, 0.1) is 5.92 Å². The number of nitrogens with zero attached hydrogens (tertiary/aromatic N) is 1. The summed E-state index contributed by atoms with van der Waals surface area (Å²) in [4.78, 5) is 14.6. The predicted molar refractivity (Wildman–Crippen MR) is 101 cm³/mol. The molecule has 0 aliphatic carbocycles. The standard InChI is InChI=1S/C21H29NO4/c1-5-14-13-22-8-7-15-10-19(24-3)20(25-4)12-17(15)18(22)9-16(14)11-21(23)26-6-2/h10-12,14,18H,5-9,13H2,1-4H3/b16-11+/t14-,18-/m0/s1. The molecule has 2 atom stereocenters. The summed E-state index contributed by atoms with van der Waals surface area (Å²) in [6.45, 7) is 6.47. The molecule has 1 saturated heterocycles. The highest BCUT2D eigenvalue weighted by Gasteiger charge is 2.36. The number of carbonyl (C=O) groups is 1. The van der Waals surface area contributed by atoms with Crippen LogP contribution in [-0.4, -0.2) is 44.8 Å². The van der Waals surface area contributed by atoms with Gasteiger partial charge in [-0.15, -0.1) is 0 Å². The maximum atomic E-state index is 12.0. The van der Waals surface area contributed by atoms with E-state index in [4.69, 9.17) is 14.2 Å². The zero-order valence-corrected chi connectivity index (χ0v) is 16.2. The van der Waals surface area contributed by atoms with Gasteiger partial charge in [0.2, 0.25) is 0 Å². The van der Waals surface area contributed by atoms with E-state index in [-0.39, 0.29) is 12.0 Å². The lowest BCUT2D eigenvalue weighted by Gasteiger charge is -2.45. The molecule has 0 amide bonds. The summed E-state index contributed by atoms with van der Waals surface area (Å²) >= 11 is 0. The summed E-state index contributed by atoms with van der Waals surface area (Å²) < 4.78 is 16.1. The van der Waals surface area contributed by atoms with Crippen LogP contribution in [0.15, 0.2) is 23.8 Å². The highest BCUT2D eigenvalue weighted by Crippen LogP contribution is 2.44. The molecule has 2 heterocycles. The van der Waals surface area contributed by atoms with Crippen molar-refractivity contribution in [2.45, 2.75) is 39.2 Å². The minimum atomic E-state index is -0.224. The van der Waals surface area contributed by atoms with Crippen LogP contribution in [0.2, 0.25) is 0 Å². The highest BCUT2D eigenvalue weighted by atomic mass is 16.5. The molecule has 5 nitrogen and oxygen atoms in total. The topological polar surface area (TPSA) is 48.0 Å². The molecule has 0 spiro atoms. The fourth-order valence-corrected chi connectivity index (χ4v) is 4.23. The van der Waals surface area contributed by atoms with E-state index in [2.05, 4.69) is 24.0 Å². The van der Waals surface area contributed by atoms with Gasteiger partial charge >= 0.3 is 5.97 Å². The molecular formula is C21H29NO4. The van der Waals surface area contributed by atoms with E-state index >= 15 is 0 Å². The molecule has 0 bridgehead atoms. The SMILES string of the molecule is CCOC(=O)/C=C1\C[C@H]2c3cc(OC)c(OC)cc3CCN2C[C@@H]1CC. The summed E-state index contributed by atoms with van der Waals surface area (Å²) in [6, 6.07) is 4.49. The molecule has 3 rings (SSSR count). The molecule has 0 aromatic heterocycles. The van der Waals surface area contributed by atoms with Gasteiger partial charge in [0.1, 0.15) is 0 Å². The number of carbonyl (C=O) groups excluding carboxylic acids is 1. The average molecular weight is 359 g/mol. The van der Waals surface area contributed by atoms with E-state index < -0.39 is 0 Å². The number of methoxy groups -OCH3 is 2. The van der Waals surface area contributed by atoms with Crippen molar-refractivity contribution in [1.82, 2.24) is 4.90 Å². The minimum absolute atomic E-state index is 0.224. The zero-order valence-electron chi connectivity index (χ0n) is 16.2. The Morgan fingerprint density at radius 2 is 1.96 bits per heavy atom. The first-order chi connectivity index (χ1) is 12.6. The molecular weight excluding hydrogens is 330 g/mol. The van der Waals surface area contributed by atoms with Gasteiger partial charge in [-0.1, -0.05) is 12.5 Å². The molecule has 1 aromatic rings. The number of piperidine rings is 1. The fourth-order valence-electron chi connectivity index (χ4n) is 4.23. The van der Waals surface area contributed by atoms with Crippen molar-refractivity contribution >= 4 is 5.97 Å². The second-order valence-electron chi connectivity index (χ2n) is 6.95. The zero-order chi connectivity index (χ0) is 18.7. The van der Waals surface area contributed by atoms with Crippen LogP contribution in [0.5, 0.6) is 11.5 Å². The van der Waals surface area contributed by atoms with Gasteiger partial charge in [-0.05, 0) is 55.4 Å². The van der Waals surface area contributed by atoms with Gasteiger partial charge < -0.3 is 14.2 Å². The van der Waals surface area contributed by atoms with E-state index in [1.165, 1.54) is 16.7 Å². The number of hydrogen-bond acceptors (Lipinski definition) is 5. The van der Waals surface area contributed by atoms with Crippen molar-refractivity contribution in [1.29, 1.82) is 0 Å². The molecule has 142 valence electrons. The Bertz CT molecular complexity index is 697. The Hall–Kier alpha value is -2.01. The Morgan fingerprint density at radius 3 is 2.62 bits per heavy atom. The van der Waals surface area contributed by atoms with E-state index in [1.54, 1.807) is 20.3 Å². The molecule has 5 heteroatoms. The third kappa shape index (κ3) is 3.58. The number of benzene rings is 1. The van der Waals surface area contributed by atoms with Gasteiger partial charge in [0, 0.05) is 25.2 Å². The Kier molecular flexibility index (Phi) is 5.87. The average Bonchev–Trinajstić information content (AvgIpc) is 2.66. The Labute approximate surface area is 155 Å². The van der Waals surface area contributed by atoms with Crippen molar-refractivity contribution in [2.75, 3.05) is 33.9 Å². The molecule has 2 aliphatic rings. The van der Waals surface area contributed by atoms with Gasteiger partial charge in [0.25, 0.3) is 0 Å². The van der Waals surface area contributed by atoms with Crippen molar-refractivity contribution in [3.05, 3.63) is 34.9 Å². The molecule has 0 saturated carbocycles. The predicted octanol–water partition coefficient (Wildman–Crippen LogP) is 3.52. The van der Waals surface area contributed by atoms with Crippen LogP contribution in [0.3, 0.4) is 0 Å². The van der Waals surface area contributed by atoms with Gasteiger partial charge in [0.15, 0.2) is 11.5 Å². The second kappa shape index (κ2) is 8.12. The first-order valence-electron chi connectivity index (χ1n) is 9.47. The van der Waals surface area contributed by atoms with Gasteiger partial charge in [-0.2, -0.15) is 0 Å². The largest absolute Gasteiger partial charge is 0.493 e. The van der Waals surface area contributed by atoms with Crippen LogP contribution in [0.1, 0.15) is 43.9 Å². The molecule has 26 heavy (non-hydrogen) atoms. The number of hydrogen-bond donors (Lipinski definition) is 0. The molecule has 1 fully saturated rings. The first kappa shape index (κ1) is 18.8. The van der Waals surface area contributed by atoms with Crippen LogP contribution >= 0.6 is 0 Å². The summed E-state index contributed by atoms with van der Waals surface area (Å²) in [5.41, 5.74) is 3.81. The van der Waals surface area contributed by atoms with Crippen LogP contribution in [0.25, 0.3) is 0 Å². The van der Waals surface area contributed by atoms with Crippen molar-refractivity contribution in [3.8, 4) is 11.5 Å². The normalized spacial score (nSPS) is 23.9. The summed E-state index contributed by atoms with van der Waals surface area (Å²) in [5, 5.41) is 0. The van der Waals surface area contributed by atoms with E-state index in [0.717, 1.165) is 43.9 Å². The highest BCUT2D eigenvalue weighted by molar-refractivity contribution is 5.83. The molecule has 2 aliphatic heterocycles. The maximum Gasteiger partial charge on any atom is 0.330 e. The second-order valence-corrected chi connectivity index (χ2v) is 6.95. The molecule has 0 N–H and O–H groups in total. The van der Waals surface area contributed by atoms with Crippen LogP contribution in [-0.2, 0) is 16.0 Å². The quantitative estimate of drug-likeness (QED) is 0.595. The lowest BCUT2D eigenvalue weighted by molar-refractivity contribution is -0.137. The van der Waals surface area contributed by atoms with E-state index in [9.17, 15) is 4.79 Å². The third-order valence-corrected chi connectivity index (χ3v) is 5.60. The lowest BCUT2D eigenvalue weighted by Crippen LogP contribution is -2.43. The number of rotatable bonds is 5. The molecule has 1 aromatic carbocycles. The Morgan fingerprint density at radius 1 is 1.23 bits per heavy atom. The van der Waals surface area contributed by atoms with Crippen molar-refractivity contribution < 1.29 is 19.0 Å². The third-order valence-electron chi connectivity index (χ3n) is 5.60. The van der Waals surface area contributed by atoms with Crippen molar-refractivity contribution in [2.24, 2.45) is 5.92 Å². The monoisotopic (exact) mass is 359 g/mol. The van der Waals surface area contributed by atoms with Crippen molar-refractivity contribution in [3.63, 3.8) is 0 Å². The minimum Gasteiger partial charge on any atom is -0.493 e. The fraction of sp³-hybridized carbons (Fsp3) is 0.571. The van der Waals surface area contributed by atoms with Gasteiger partial charge in [-0.3, -0.25) is 4.90 Å². The maximum absolute atomic E-state index is 12.0. The van der Waals surface area contributed by atoms with E-state index in [0.29, 0.717) is 12.5 Å². The molecule has 0 radical (unpaired) electrons. The van der Waals surface area contributed by atoms with Crippen LogP contribution in [0.4, 0.5) is 0 Å². The number of ether oxygens (including phenoxy) is 3. The number of esters is 1. The Balaban J connectivity index is 1.94. The summed E-state index contributed by atoms with van der Waals surface area (Å²) in [6.07, 6.45) is 4.64. The van der Waals surface area contributed by atoms with Crippen LogP contribution < -0.4 is 9.47 Å². The summed E-state index contributed by atoms with van der Waals surface area (Å²) in [7, 11) is 3.34. The smallest absolute Gasteiger partial charge is 0.330 e. The van der Waals surface area contributed by atoms with Gasteiger partial charge in [0.05, 0.1) is 20.8 Å². The first-order valence-corrected chi connectivity index (χ1v) is 9.47. The number of fused-ring (bicyclic) bond motifs is 3. The molecule has 0 unspecified atom stereocenters. The lowest BCUT2D eigenvalue weighted by atomic mass is 9.79.